The van der Waals surface area contributed by atoms with Crippen molar-refractivity contribution in [1.82, 2.24) is 10.2 Å². The maximum absolute atomic E-state index is 11.8. The van der Waals surface area contributed by atoms with E-state index in [1.165, 1.54) is 6.07 Å². The smallest absolute Gasteiger partial charge is 0.264 e. The summed E-state index contributed by atoms with van der Waals surface area (Å²) in [5.74, 6) is 0.279. The van der Waals surface area contributed by atoms with E-state index >= 15 is 0 Å². The highest BCUT2D eigenvalue weighted by atomic mass is 16.2. The summed E-state index contributed by atoms with van der Waals surface area (Å²) in [6.45, 7) is 0. The van der Waals surface area contributed by atoms with Gasteiger partial charge < -0.3 is 5.32 Å². The zero-order chi connectivity index (χ0) is 13.9. The Morgan fingerprint density at radius 3 is 2.45 bits per heavy atom. The first-order valence-electron chi connectivity index (χ1n) is 6.69. The van der Waals surface area contributed by atoms with Crippen molar-refractivity contribution in [3.63, 3.8) is 0 Å². The average Bonchev–Trinajstić information content (AvgIpc) is 2.38. The number of nitrogens with one attached hydrogen (secondary N) is 2. The molecule has 1 saturated carbocycles. The van der Waals surface area contributed by atoms with Crippen molar-refractivity contribution in [2.24, 2.45) is 5.92 Å². The summed E-state index contributed by atoms with van der Waals surface area (Å²) in [4.78, 5) is 22.8. The van der Waals surface area contributed by atoms with Crippen LogP contribution in [0, 0.1) is 5.92 Å². The fraction of sp³-hybridized carbons (Fsp3) is 0.267. The van der Waals surface area contributed by atoms with Crippen LogP contribution in [-0.2, 0) is 4.79 Å². The summed E-state index contributed by atoms with van der Waals surface area (Å²) in [5, 5.41) is 9.28. The van der Waals surface area contributed by atoms with E-state index in [9.17, 15) is 9.59 Å². The van der Waals surface area contributed by atoms with Gasteiger partial charge in [0.1, 0.15) is 0 Å². The van der Waals surface area contributed by atoms with Crippen LogP contribution in [0.15, 0.2) is 41.2 Å². The van der Waals surface area contributed by atoms with Gasteiger partial charge >= 0.3 is 0 Å². The number of benzene rings is 1. The first-order valence-corrected chi connectivity index (χ1v) is 6.69. The lowest BCUT2D eigenvalue weighted by atomic mass is 9.85. The maximum atomic E-state index is 11.8. The van der Waals surface area contributed by atoms with Gasteiger partial charge in [-0.15, -0.1) is 0 Å². The normalized spacial score (nSPS) is 14.6. The lowest BCUT2D eigenvalue weighted by molar-refractivity contribution is -0.122. The number of hydrogen-bond acceptors (Lipinski definition) is 3. The highest BCUT2D eigenvalue weighted by Gasteiger charge is 2.24. The Kier molecular flexibility index (Phi) is 3.33. The number of nitrogens with zero attached hydrogens (tertiary/aromatic N) is 1. The Balaban J connectivity index is 1.72. The first-order chi connectivity index (χ1) is 9.72. The van der Waals surface area contributed by atoms with Gasteiger partial charge in [0.25, 0.3) is 5.56 Å². The minimum atomic E-state index is -0.224. The molecule has 1 fully saturated rings. The van der Waals surface area contributed by atoms with Gasteiger partial charge in [0.05, 0.1) is 5.69 Å². The maximum Gasteiger partial charge on any atom is 0.264 e. The molecule has 102 valence electrons. The Morgan fingerprint density at radius 2 is 1.90 bits per heavy atom. The molecular weight excluding hydrogens is 254 g/mol. The molecule has 0 saturated heterocycles. The van der Waals surface area contributed by atoms with E-state index in [-0.39, 0.29) is 17.4 Å². The Hall–Kier alpha value is -2.43. The number of hydrogen-bond donors (Lipinski definition) is 2. The van der Waals surface area contributed by atoms with Gasteiger partial charge in [0, 0.05) is 23.2 Å². The molecule has 20 heavy (non-hydrogen) atoms. The van der Waals surface area contributed by atoms with Crippen molar-refractivity contribution in [2.75, 3.05) is 5.32 Å². The summed E-state index contributed by atoms with van der Waals surface area (Å²) in [7, 11) is 0. The molecule has 5 nitrogen and oxygen atoms in total. The number of amides is 1. The molecule has 0 atom stereocenters. The van der Waals surface area contributed by atoms with Gasteiger partial charge in [0.2, 0.25) is 5.91 Å². The van der Waals surface area contributed by atoms with E-state index in [1.54, 1.807) is 6.07 Å². The van der Waals surface area contributed by atoms with E-state index in [0.29, 0.717) is 5.69 Å². The zero-order valence-electron chi connectivity index (χ0n) is 10.9. The molecule has 0 aliphatic heterocycles. The molecule has 1 aliphatic carbocycles. The minimum Gasteiger partial charge on any atom is -0.326 e. The fourth-order valence-electron chi connectivity index (χ4n) is 2.14. The highest BCUT2D eigenvalue weighted by Crippen LogP contribution is 2.28. The van der Waals surface area contributed by atoms with Crippen molar-refractivity contribution in [1.29, 1.82) is 0 Å². The number of aromatic amines is 1. The quantitative estimate of drug-likeness (QED) is 0.896. The summed E-state index contributed by atoms with van der Waals surface area (Å²) >= 11 is 0. The predicted molar refractivity (Wildman–Crippen MR) is 76.3 cm³/mol. The number of rotatable bonds is 3. The van der Waals surface area contributed by atoms with Crippen LogP contribution in [0.4, 0.5) is 5.69 Å². The van der Waals surface area contributed by atoms with Crippen LogP contribution in [0.3, 0.4) is 0 Å². The molecule has 1 aliphatic rings. The van der Waals surface area contributed by atoms with Gasteiger partial charge in [-0.2, -0.15) is 5.10 Å². The molecule has 1 heterocycles. The summed E-state index contributed by atoms with van der Waals surface area (Å²) in [6.07, 6.45) is 3.13. The van der Waals surface area contributed by atoms with Gasteiger partial charge in [-0.1, -0.05) is 18.6 Å². The second-order valence-corrected chi connectivity index (χ2v) is 5.00. The molecule has 0 unspecified atom stereocenters. The third-order valence-corrected chi connectivity index (χ3v) is 3.60. The van der Waals surface area contributed by atoms with E-state index < -0.39 is 0 Å². The van der Waals surface area contributed by atoms with Gasteiger partial charge in [0.15, 0.2) is 0 Å². The molecule has 0 spiro atoms. The van der Waals surface area contributed by atoms with Gasteiger partial charge in [-0.25, -0.2) is 5.10 Å². The summed E-state index contributed by atoms with van der Waals surface area (Å²) in [6, 6.07) is 10.5. The van der Waals surface area contributed by atoms with Crippen molar-refractivity contribution < 1.29 is 4.79 Å². The number of carbonyl (C=O) groups excluding carboxylic acids is 1. The number of anilines is 1. The molecule has 1 aromatic carbocycles. The van der Waals surface area contributed by atoms with Crippen LogP contribution in [0.2, 0.25) is 0 Å². The second-order valence-electron chi connectivity index (χ2n) is 5.00. The van der Waals surface area contributed by atoms with Crippen LogP contribution in [0.5, 0.6) is 0 Å². The zero-order valence-corrected chi connectivity index (χ0v) is 10.9. The largest absolute Gasteiger partial charge is 0.326 e. The molecular formula is C15H15N3O2. The summed E-state index contributed by atoms with van der Waals surface area (Å²) in [5.41, 5.74) is 2.15. The molecule has 1 amide bonds. The van der Waals surface area contributed by atoms with E-state index in [2.05, 4.69) is 15.5 Å². The lowest BCUT2D eigenvalue weighted by Gasteiger charge is -2.24. The minimum absolute atomic E-state index is 0.103. The molecule has 1 aromatic heterocycles. The SMILES string of the molecule is O=C(Nc1ccc(-c2ccc(=O)[nH]n2)cc1)C1CCC1. The first kappa shape index (κ1) is 12.6. The average molecular weight is 269 g/mol. The Morgan fingerprint density at radius 1 is 1.15 bits per heavy atom. The number of carbonyl (C=O) groups is 1. The van der Waals surface area contributed by atoms with Gasteiger partial charge in [-0.05, 0) is 31.0 Å². The third kappa shape index (κ3) is 2.61. The molecule has 2 N–H and O–H groups in total. The van der Waals surface area contributed by atoms with Crippen LogP contribution >= 0.6 is 0 Å². The van der Waals surface area contributed by atoms with Gasteiger partial charge in [-0.3, -0.25) is 9.59 Å². The van der Waals surface area contributed by atoms with E-state index in [1.807, 2.05) is 24.3 Å². The molecule has 5 heteroatoms. The van der Waals surface area contributed by atoms with E-state index in [0.717, 1.165) is 30.5 Å². The standard InChI is InChI=1S/C15H15N3O2/c19-14-9-8-13(17-18-14)10-4-6-12(7-5-10)16-15(20)11-2-1-3-11/h4-9,11H,1-3H2,(H,16,20)(H,18,19). The lowest BCUT2D eigenvalue weighted by Crippen LogP contribution is -2.27. The fourth-order valence-corrected chi connectivity index (χ4v) is 2.14. The highest BCUT2D eigenvalue weighted by molar-refractivity contribution is 5.93. The molecule has 2 aromatic rings. The van der Waals surface area contributed by atoms with Crippen molar-refractivity contribution in [2.45, 2.75) is 19.3 Å². The van der Waals surface area contributed by atoms with E-state index in [4.69, 9.17) is 0 Å². The van der Waals surface area contributed by atoms with Crippen molar-refractivity contribution in [3.8, 4) is 11.3 Å². The number of aromatic nitrogens is 2. The molecule has 0 radical (unpaired) electrons. The predicted octanol–water partition coefficient (Wildman–Crippen LogP) is 2.18. The Bertz CT molecular complexity index is 652. The van der Waals surface area contributed by atoms with Crippen molar-refractivity contribution in [3.05, 3.63) is 46.8 Å². The van der Waals surface area contributed by atoms with Crippen LogP contribution < -0.4 is 10.9 Å². The second kappa shape index (κ2) is 5.28. The molecule has 0 bridgehead atoms. The van der Waals surface area contributed by atoms with Crippen LogP contribution in [0.25, 0.3) is 11.3 Å². The van der Waals surface area contributed by atoms with Crippen LogP contribution in [0.1, 0.15) is 19.3 Å². The van der Waals surface area contributed by atoms with Crippen LogP contribution in [-0.4, -0.2) is 16.1 Å². The molecule has 3 rings (SSSR count). The summed E-state index contributed by atoms with van der Waals surface area (Å²) < 4.78 is 0. The monoisotopic (exact) mass is 269 g/mol. The Labute approximate surface area is 116 Å². The van der Waals surface area contributed by atoms with Crippen molar-refractivity contribution >= 4 is 11.6 Å². The topological polar surface area (TPSA) is 74.8 Å². The third-order valence-electron chi connectivity index (χ3n) is 3.60. The number of H-pyrrole nitrogens is 1.